The van der Waals surface area contributed by atoms with Crippen LogP contribution >= 0.6 is 0 Å². The Morgan fingerprint density at radius 1 is 1.25 bits per heavy atom. The average Bonchev–Trinajstić information content (AvgIpc) is 2.05. The number of hydrogen-bond acceptors (Lipinski definition) is 3. The standard InChI is InChI=1S/C7H6N2O2S/c8-5-6-1-3-7(4-2-6)9-12(10)11/h1-4,12H,(H,9,10,11). The molecule has 4 nitrogen and oxygen atoms in total. The molecule has 0 amide bonds. The summed E-state index contributed by atoms with van der Waals surface area (Å²) in [4.78, 5) is 0. The fraction of sp³-hybridized carbons (Fsp3) is 0. The summed E-state index contributed by atoms with van der Waals surface area (Å²) < 4.78 is 22.6. The van der Waals surface area contributed by atoms with E-state index in [-0.39, 0.29) is 0 Å². The van der Waals surface area contributed by atoms with Gasteiger partial charge in [0.25, 0.3) is 0 Å². The molecule has 0 spiro atoms. The quantitative estimate of drug-likeness (QED) is 0.654. The molecular formula is C7H6N2O2S. The summed E-state index contributed by atoms with van der Waals surface area (Å²) in [5.41, 5.74) is 0.965. The highest BCUT2D eigenvalue weighted by Crippen LogP contribution is 2.07. The highest BCUT2D eigenvalue weighted by Gasteiger charge is 1.91. The van der Waals surface area contributed by atoms with E-state index < -0.39 is 10.9 Å². The molecule has 0 aliphatic carbocycles. The van der Waals surface area contributed by atoms with E-state index >= 15 is 0 Å². The van der Waals surface area contributed by atoms with Crippen molar-refractivity contribution in [1.82, 2.24) is 0 Å². The molecule has 1 aromatic carbocycles. The number of nitrogens with one attached hydrogen (secondary N) is 1. The molecule has 1 rings (SSSR count). The lowest BCUT2D eigenvalue weighted by Crippen LogP contribution is -1.93. The SMILES string of the molecule is N#Cc1ccc(N[SH](=O)=O)cc1. The molecule has 0 fully saturated rings. The van der Waals surface area contributed by atoms with Crippen LogP contribution in [-0.4, -0.2) is 8.42 Å². The van der Waals surface area contributed by atoms with Crippen LogP contribution in [0.4, 0.5) is 5.69 Å². The molecule has 5 heteroatoms. The maximum atomic E-state index is 10.2. The van der Waals surface area contributed by atoms with E-state index in [4.69, 9.17) is 5.26 Å². The molecule has 0 saturated carbocycles. The van der Waals surface area contributed by atoms with Crippen molar-refractivity contribution in [1.29, 1.82) is 5.26 Å². The van der Waals surface area contributed by atoms with E-state index in [1.165, 1.54) is 12.1 Å². The van der Waals surface area contributed by atoms with Gasteiger partial charge in [-0.1, -0.05) is 0 Å². The molecule has 1 aromatic rings. The lowest BCUT2D eigenvalue weighted by Gasteiger charge is -1.96. The third kappa shape index (κ3) is 2.25. The Kier molecular flexibility index (Phi) is 2.66. The van der Waals surface area contributed by atoms with Gasteiger partial charge in [-0.2, -0.15) is 5.26 Å². The van der Waals surface area contributed by atoms with Gasteiger partial charge in [-0.15, -0.1) is 0 Å². The fourth-order valence-electron chi connectivity index (χ4n) is 0.725. The molecule has 0 aromatic heterocycles. The van der Waals surface area contributed by atoms with E-state index in [2.05, 4.69) is 4.72 Å². The van der Waals surface area contributed by atoms with E-state index in [9.17, 15) is 8.42 Å². The summed E-state index contributed by atoms with van der Waals surface area (Å²) >= 11 is 0. The van der Waals surface area contributed by atoms with Crippen LogP contribution in [0.2, 0.25) is 0 Å². The summed E-state index contributed by atoms with van der Waals surface area (Å²) in [6.07, 6.45) is 0. The second-order valence-corrected chi connectivity index (χ2v) is 2.80. The van der Waals surface area contributed by atoms with Crippen molar-refractivity contribution in [3.63, 3.8) is 0 Å². The summed E-state index contributed by atoms with van der Waals surface area (Å²) in [5.74, 6) is 0. The van der Waals surface area contributed by atoms with Crippen LogP contribution in [0.1, 0.15) is 5.56 Å². The van der Waals surface area contributed by atoms with Crippen molar-refractivity contribution < 1.29 is 8.42 Å². The molecule has 12 heavy (non-hydrogen) atoms. The smallest absolute Gasteiger partial charge is 0.222 e. The molecule has 0 heterocycles. The number of rotatable bonds is 2. The molecule has 62 valence electrons. The third-order valence-electron chi connectivity index (χ3n) is 1.23. The predicted molar refractivity (Wildman–Crippen MR) is 45.1 cm³/mol. The van der Waals surface area contributed by atoms with Gasteiger partial charge in [0.05, 0.1) is 11.6 Å². The molecule has 0 aliphatic rings. The van der Waals surface area contributed by atoms with Crippen molar-refractivity contribution >= 4 is 16.6 Å². The zero-order valence-corrected chi connectivity index (χ0v) is 6.91. The molecular weight excluding hydrogens is 176 g/mol. The van der Waals surface area contributed by atoms with Crippen LogP contribution in [0.5, 0.6) is 0 Å². The van der Waals surface area contributed by atoms with Crippen molar-refractivity contribution in [2.45, 2.75) is 0 Å². The first kappa shape index (κ1) is 8.56. The topological polar surface area (TPSA) is 70.0 Å². The highest BCUT2D eigenvalue weighted by molar-refractivity contribution is 7.73. The lowest BCUT2D eigenvalue weighted by atomic mass is 10.2. The second-order valence-electron chi connectivity index (χ2n) is 2.06. The number of nitrogens with zero attached hydrogens (tertiary/aromatic N) is 1. The number of benzene rings is 1. The highest BCUT2D eigenvalue weighted by atomic mass is 32.2. The van der Waals surface area contributed by atoms with Crippen LogP contribution < -0.4 is 4.72 Å². The first-order valence-electron chi connectivity index (χ1n) is 3.13. The molecule has 0 atom stereocenters. The molecule has 0 unspecified atom stereocenters. The van der Waals surface area contributed by atoms with Gasteiger partial charge >= 0.3 is 0 Å². The summed E-state index contributed by atoms with van der Waals surface area (Å²) in [5, 5.41) is 8.42. The van der Waals surface area contributed by atoms with Crippen molar-refractivity contribution in [3.8, 4) is 6.07 Å². The Hall–Kier alpha value is -1.54. The van der Waals surface area contributed by atoms with E-state index in [0.29, 0.717) is 11.3 Å². The first-order chi connectivity index (χ1) is 5.72. The number of thiol groups is 1. The van der Waals surface area contributed by atoms with Crippen LogP contribution in [0, 0.1) is 11.3 Å². The van der Waals surface area contributed by atoms with E-state index in [1.807, 2.05) is 6.07 Å². The minimum Gasteiger partial charge on any atom is -0.286 e. The summed E-state index contributed by atoms with van der Waals surface area (Å²) in [7, 11) is -2.62. The molecule has 0 radical (unpaired) electrons. The summed E-state index contributed by atoms with van der Waals surface area (Å²) in [6.45, 7) is 0. The van der Waals surface area contributed by atoms with Gasteiger partial charge in [0.2, 0.25) is 10.9 Å². The molecule has 1 N–H and O–H groups in total. The normalized spacial score (nSPS) is 9.33. The van der Waals surface area contributed by atoms with Gasteiger partial charge in [-0.3, -0.25) is 4.72 Å². The maximum Gasteiger partial charge on any atom is 0.222 e. The minimum atomic E-state index is -2.62. The van der Waals surface area contributed by atoms with Gasteiger partial charge < -0.3 is 0 Å². The Balaban J connectivity index is 2.86. The van der Waals surface area contributed by atoms with Gasteiger partial charge in [-0.05, 0) is 24.3 Å². The Morgan fingerprint density at radius 2 is 1.83 bits per heavy atom. The van der Waals surface area contributed by atoms with Crippen LogP contribution in [-0.2, 0) is 10.9 Å². The van der Waals surface area contributed by atoms with Crippen molar-refractivity contribution in [2.75, 3.05) is 4.72 Å². The Labute approximate surface area is 71.5 Å². The minimum absolute atomic E-state index is 0.463. The first-order valence-corrected chi connectivity index (χ1v) is 4.31. The van der Waals surface area contributed by atoms with Gasteiger partial charge in [0, 0.05) is 5.69 Å². The number of hydrogen-bond donors (Lipinski definition) is 2. The number of anilines is 1. The Bertz CT molecular complexity index is 367. The van der Waals surface area contributed by atoms with Crippen LogP contribution in [0.15, 0.2) is 24.3 Å². The second kappa shape index (κ2) is 3.74. The van der Waals surface area contributed by atoms with E-state index in [1.54, 1.807) is 12.1 Å². The lowest BCUT2D eigenvalue weighted by molar-refractivity contribution is 0.619. The van der Waals surface area contributed by atoms with Crippen LogP contribution in [0.3, 0.4) is 0 Å². The molecule has 0 aliphatic heterocycles. The van der Waals surface area contributed by atoms with Crippen molar-refractivity contribution in [3.05, 3.63) is 29.8 Å². The predicted octanol–water partition coefficient (Wildman–Crippen LogP) is 0.497. The molecule has 0 bridgehead atoms. The summed E-state index contributed by atoms with van der Waals surface area (Å²) in [6, 6.07) is 8.08. The van der Waals surface area contributed by atoms with Gasteiger partial charge in [-0.25, -0.2) is 8.42 Å². The van der Waals surface area contributed by atoms with Gasteiger partial charge in [0.15, 0.2) is 0 Å². The monoisotopic (exact) mass is 182 g/mol. The maximum absolute atomic E-state index is 10.2. The zero-order valence-electron chi connectivity index (χ0n) is 6.02. The van der Waals surface area contributed by atoms with Crippen molar-refractivity contribution in [2.24, 2.45) is 0 Å². The number of nitriles is 1. The van der Waals surface area contributed by atoms with Gasteiger partial charge in [0.1, 0.15) is 0 Å². The Morgan fingerprint density at radius 3 is 2.25 bits per heavy atom. The molecule has 0 saturated heterocycles. The van der Waals surface area contributed by atoms with E-state index in [0.717, 1.165) is 0 Å². The zero-order chi connectivity index (χ0) is 8.97. The fourth-order valence-corrected chi connectivity index (χ4v) is 1.08. The third-order valence-corrected chi connectivity index (χ3v) is 1.68. The largest absolute Gasteiger partial charge is 0.286 e. The average molecular weight is 182 g/mol. The van der Waals surface area contributed by atoms with Crippen LogP contribution in [0.25, 0.3) is 0 Å².